The van der Waals surface area contributed by atoms with Crippen molar-refractivity contribution in [1.82, 2.24) is 0 Å². The molecular weight excluding hydrogens is 256 g/mol. The number of ether oxygens (including phenoxy) is 1. The van der Waals surface area contributed by atoms with Gasteiger partial charge in [-0.3, -0.25) is 4.79 Å². The quantitative estimate of drug-likeness (QED) is 0.874. The molecule has 0 aromatic heterocycles. The molecule has 0 aliphatic heterocycles. The normalized spacial score (nSPS) is 11.7. The van der Waals surface area contributed by atoms with Crippen molar-refractivity contribution in [2.45, 2.75) is 12.8 Å². The van der Waals surface area contributed by atoms with Crippen molar-refractivity contribution in [3.63, 3.8) is 0 Å². The summed E-state index contributed by atoms with van der Waals surface area (Å²) in [6.45, 7) is 1.69. The maximum atomic E-state index is 10.9. The van der Waals surface area contributed by atoms with Crippen molar-refractivity contribution in [2.75, 3.05) is 7.11 Å². The van der Waals surface area contributed by atoms with E-state index >= 15 is 0 Å². The van der Waals surface area contributed by atoms with Gasteiger partial charge in [-0.15, -0.1) is 0 Å². The van der Waals surface area contributed by atoms with E-state index in [-0.39, 0.29) is 40.6 Å². The van der Waals surface area contributed by atoms with Crippen LogP contribution in [0.15, 0.2) is 36.4 Å². The van der Waals surface area contributed by atoms with Crippen LogP contribution < -0.4 is 4.74 Å². The fraction of sp³-hybridized carbons (Fsp3) is 0.214. The average molecular weight is 272 g/mol. The summed E-state index contributed by atoms with van der Waals surface area (Å²) >= 11 is 0. The van der Waals surface area contributed by atoms with Gasteiger partial charge in [-0.05, 0) is 35.4 Å². The molecular formula is C14H16CaO3. The van der Waals surface area contributed by atoms with Gasteiger partial charge < -0.3 is 12.7 Å². The van der Waals surface area contributed by atoms with Crippen molar-refractivity contribution in [3.8, 4) is 5.75 Å². The third-order valence-electron chi connectivity index (χ3n) is 2.94. The number of fused-ring (bicyclic) bond motifs is 1. The molecule has 0 spiro atoms. The molecule has 4 heteroatoms. The number of aliphatic carboxylic acids is 1. The summed E-state index contributed by atoms with van der Waals surface area (Å²) in [5.41, 5.74) is 0.815. The molecule has 18 heavy (non-hydrogen) atoms. The summed E-state index contributed by atoms with van der Waals surface area (Å²) in [4.78, 5) is 10.9. The molecule has 2 aromatic carbocycles. The maximum absolute atomic E-state index is 10.9. The van der Waals surface area contributed by atoms with Crippen molar-refractivity contribution in [1.29, 1.82) is 0 Å². The molecule has 1 N–H and O–H groups in total. The zero-order chi connectivity index (χ0) is 12.4. The Morgan fingerprint density at radius 3 is 2.44 bits per heavy atom. The molecule has 1 atom stereocenters. The molecule has 3 nitrogen and oxygen atoms in total. The smallest absolute Gasteiger partial charge is 1.00 e. The van der Waals surface area contributed by atoms with Crippen molar-refractivity contribution in [3.05, 3.63) is 42.0 Å². The molecule has 0 fully saturated rings. The number of hydrogen-bond acceptors (Lipinski definition) is 2. The first-order valence-electron chi connectivity index (χ1n) is 5.42. The SMILES string of the molecule is COc1ccc2cc([C@H](C)C(=O)O)ccc2c1.[Ca+2].[H-].[H-]. The van der Waals surface area contributed by atoms with Crippen LogP contribution in [0.3, 0.4) is 0 Å². The Morgan fingerprint density at radius 2 is 1.83 bits per heavy atom. The van der Waals surface area contributed by atoms with E-state index in [1.165, 1.54) is 0 Å². The Balaban J connectivity index is 0. The van der Waals surface area contributed by atoms with Crippen LogP contribution in [-0.2, 0) is 4.79 Å². The van der Waals surface area contributed by atoms with Gasteiger partial charge in [0.1, 0.15) is 5.75 Å². The average Bonchev–Trinajstić information content (AvgIpc) is 2.36. The van der Waals surface area contributed by atoms with Crippen molar-refractivity contribution in [2.24, 2.45) is 0 Å². The van der Waals surface area contributed by atoms with Gasteiger partial charge in [-0.2, -0.15) is 0 Å². The Kier molecular flexibility index (Phi) is 5.45. The van der Waals surface area contributed by atoms with Gasteiger partial charge in [0.15, 0.2) is 0 Å². The predicted octanol–water partition coefficient (Wildman–Crippen LogP) is 2.88. The Morgan fingerprint density at radius 1 is 1.22 bits per heavy atom. The van der Waals surface area contributed by atoms with Gasteiger partial charge in [0.25, 0.3) is 0 Å². The zero-order valence-corrected chi connectivity index (χ0v) is 12.7. The summed E-state index contributed by atoms with van der Waals surface area (Å²) in [5, 5.41) is 11.0. The van der Waals surface area contributed by atoms with E-state index in [1.54, 1.807) is 14.0 Å². The molecule has 0 radical (unpaired) electrons. The van der Waals surface area contributed by atoms with Gasteiger partial charge >= 0.3 is 43.7 Å². The Hall–Kier alpha value is -0.770. The first-order chi connectivity index (χ1) is 8.11. The molecule has 92 valence electrons. The summed E-state index contributed by atoms with van der Waals surface area (Å²) in [6, 6.07) is 11.4. The van der Waals surface area contributed by atoms with Crippen LogP contribution in [-0.4, -0.2) is 55.9 Å². The Bertz CT molecular complexity index is 575. The first kappa shape index (κ1) is 15.3. The fourth-order valence-electron chi connectivity index (χ4n) is 1.78. The van der Waals surface area contributed by atoms with E-state index in [9.17, 15) is 4.79 Å². The van der Waals surface area contributed by atoms with E-state index in [1.807, 2.05) is 36.4 Å². The second-order valence-corrected chi connectivity index (χ2v) is 4.03. The molecule has 2 rings (SSSR count). The molecule has 0 bridgehead atoms. The number of methoxy groups -OCH3 is 1. The molecule has 0 saturated carbocycles. The van der Waals surface area contributed by atoms with E-state index in [2.05, 4.69) is 0 Å². The molecule has 2 aromatic rings. The van der Waals surface area contributed by atoms with Crippen LogP contribution in [0.25, 0.3) is 10.8 Å². The van der Waals surface area contributed by atoms with Crippen LogP contribution in [0.1, 0.15) is 21.3 Å². The molecule has 0 unspecified atom stereocenters. The van der Waals surface area contributed by atoms with Gasteiger partial charge in [0, 0.05) is 0 Å². The number of carboxylic acid groups (broad SMARTS) is 1. The van der Waals surface area contributed by atoms with Gasteiger partial charge in [-0.25, -0.2) is 0 Å². The third kappa shape index (κ3) is 3.16. The second kappa shape index (κ2) is 6.41. The van der Waals surface area contributed by atoms with Gasteiger partial charge in [-0.1, -0.05) is 24.3 Å². The summed E-state index contributed by atoms with van der Waals surface area (Å²) in [7, 11) is 1.63. The molecule has 0 amide bonds. The van der Waals surface area contributed by atoms with Gasteiger partial charge in [0.05, 0.1) is 13.0 Å². The predicted molar refractivity (Wildman–Crippen MR) is 74.5 cm³/mol. The Labute approximate surface area is 139 Å². The first-order valence-corrected chi connectivity index (χ1v) is 5.42. The minimum atomic E-state index is -0.808. The van der Waals surface area contributed by atoms with E-state index in [4.69, 9.17) is 9.84 Å². The van der Waals surface area contributed by atoms with Crippen LogP contribution in [0.4, 0.5) is 0 Å². The molecule has 0 heterocycles. The molecule has 0 aliphatic carbocycles. The topological polar surface area (TPSA) is 46.5 Å². The van der Waals surface area contributed by atoms with Crippen molar-refractivity contribution >= 4 is 54.5 Å². The third-order valence-corrected chi connectivity index (χ3v) is 2.94. The monoisotopic (exact) mass is 272 g/mol. The van der Waals surface area contributed by atoms with E-state index < -0.39 is 11.9 Å². The maximum Gasteiger partial charge on any atom is 2.00 e. The fourth-order valence-corrected chi connectivity index (χ4v) is 1.78. The van der Waals surface area contributed by atoms with Crippen LogP contribution in [0.2, 0.25) is 0 Å². The largest absolute Gasteiger partial charge is 2.00 e. The minimum absolute atomic E-state index is 0. The number of rotatable bonds is 3. The number of benzene rings is 2. The van der Waals surface area contributed by atoms with Crippen LogP contribution in [0.5, 0.6) is 5.75 Å². The standard InChI is InChI=1S/C14H14O3.Ca.2H/c1-9(14(15)16)10-3-4-12-8-13(17-2)6-5-11(12)7-10;;;/h3-9H,1-2H3,(H,15,16);;;/q;+2;2*-1/t9-;;;/m0.../s1. The van der Waals surface area contributed by atoms with E-state index in [0.717, 1.165) is 22.1 Å². The number of hydrogen-bond donors (Lipinski definition) is 1. The molecule has 0 aliphatic rings. The van der Waals surface area contributed by atoms with Crippen LogP contribution in [0, 0.1) is 0 Å². The second-order valence-electron chi connectivity index (χ2n) is 4.03. The summed E-state index contributed by atoms with van der Waals surface area (Å²) < 4.78 is 5.14. The summed E-state index contributed by atoms with van der Waals surface area (Å²) in [5.74, 6) is -0.490. The van der Waals surface area contributed by atoms with Gasteiger partial charge in [0.2, 0.25) is 0 Å². The number of carbonyl (C=O) groups is 1. The minimum Gasteiger partial charge on any atom is -1.00 e. The van der Waals surface area contributed by atoms with Crippen molar-refractivity contribution < 1.29 is 17.5 Å². The zero-order valence-electron chi connectivity index (χ0n) is 12.5. The number of carboxylic acids is 1. The van der Waals surface area contributed by atoms with E-state index in [0.29, 0.717) is 0 Å². The molecule has 0 saturated heterocycles. The summed E-state index contributed by atoms with van der Waals surface area (Å²) in [6.07, 6.45) is 0. The van der Waals surface area contributed by atoms with Crippen LogP contribution >= 0.6 is 0 Å².